The fourth-order valence-corrected chi connectivity index (χ4v) is 9.91. The van der Waals surface area contributed by atoms with Crippen molar-refractivity contribution in [1.82, 2.24) is 20.0 Å². The van der Waals surface area contributed by atoms with Crippen LogP contribution in [0.25, 0.3) is 0 Å². The second-order valence-corrected chi connectivity index (χ2v) is 14.0. The van der Waals surface area contributed by atoms with Gasteiger partial charge >= 0.3 is 12.1 Å². The van der Waals surface area contributed by atoms with E-state index in [0.717, 1.165) is 43.6 Å². The molecule has 2 saturated carbocycles. The van der Waals surface area contributed by atoms with Crippen molar-refractivity contribution in [3.05, 3.63) is 9.81 Å². The molecule has 0 unspecified atom stereocenters. The van der Waals surface area contributed by atoms with Crippen molar-refractivity contribution in [3.63, 3.8) is 0 Å². The summed E-state index contributed by atoms with van der Waals surface area (Å²) >= 11 is 3.02. The van der Waals surface area contributed by atoms with Crippen molar-refractivity contribution in [3.8, 4) is 0 Å². The Hall–Kier alpha value is -2.05. The maximum absolute atomic E-state index is 13.4. The SMILES string of the molecule is CN1C(=O)N(CC2CCOCC2)C2(CC3(CCC(N4C(=O)NC(=O)C(=C5SCCCS5)C4=O)CC3)C2)C1=O. The Kier molecular flexibility index (Phi) is 6.79. The van der Waals surface area contributed by atoms with E-state index >= 15 is 0 Å². The van der Waals surface area contributed by atoms with Crippen molar-refractivity contribution < 1.29 is 28.7 Å². The van der Waals surface area contributed by atoms with E-state index in [1.165, 1.54) is 33.3 Å². The van der Waals surface area contributed by atoms with E-state index in [0.29, 0.717) is 55.6 Å². The number of likely N-dealkylation sites (N-methyl/N-ethyl adjacent to an activating group) is 1. The summed E-state index contributed by atoms with van der Waals surface area (Å²) in [4.78, 5) is 69.5. The zero-order valence-electron chi connectivity index (χ0n) is 21.7. The van der Waals surface area contributed by atoms with E-state index in [1.807, 2.05) is 4.90 Å². The van der Waals surface area contributed by atoms with Crippen molar-refractivity contribution in [2.45, 2.75) is 69.4 Å². The Morgan fingerprint density at radius 3 is 2.29 bits per heavy atom. The molecule has 7 amide bonds. The lowest BCUT2D eigenvalue weighted by Crippen LogP contribution is -2.66. The van der Waals surface area contributed by atoms with E-state index in [4.69, 9.17) is 4.74 Å². The first-order valence-electron chi connectivity index (χ1n) is 13.6. The van der Waals surface area contributed by atoms with E-state index in [9.17, 15) is 24.0 Å². The number of urea groups is 2. The number of thioether (sulfide) groups is 2. The maximum Gasteiger partial charge on any atom is 0.331 e. The minimum absolute atomic E-state index is 0.0763. The lowest BCUT2D eigenvalue weighted by Gasteiger charge is -2.59. The van der Waals surface area contributed by atoms with Crippen LogP contribution in [0.3, 0.4) is 0 Å². The van der Waals surface area contributed by atoms with Crippen LogP contribution in [-0.2, 0) is 19.1 Å². The summed E-state index contributed by atoms with van der Waals surface area (Å²) in [6.45, 7) is 1.97. The number of ether oxygens (including phenoxy) is 1. The third-order valence-corrected chi connectivity index (χ3v) is 11.9. The number of nitrogens with one attached hydrogen (secondary N) is 1. The van der Waals surface area contributed by atoms with Gasteiger partial charge in [0.1, 0.15) is 11.1 Å². The summed E-state index contributed by atoms with van der Waals surface area (Å²) in [5.74, 6) is 0.866. The average molecular weight is 563 g/mol. The molecule has 12 heteroatoms. The summed E-state index contributed by atoms with van der Waals surface area (Å²) < 4.78 is 6.19. The fourth-order valence-electron chi connectivity index (χ4n) is 7.29. The summed E-state index contributed by atoms with van der Waals surface area (Å²) in [7, 11) is 1.58. The molecule has 10 nitrogen and oxygen atoms in total. The number of amides is 7. The first-order chi connectivity index (χ1) is 18.2. The van der Waals surface area contributed by atoms with Gasteiger partial charge < -0.3 is 9.64 Å². The largest absolute Gasteiger partial charge is 0.381 e. The van der Waals surface area contributed by atoms with Gasteiger partial charge in [-0.15, -0.1) is 23.5 Å². The Morgan fingerprint density at radius 2 is 1.63 bits per heavy atom. The average Bonchev–Trinajstić information content (AvgIpc) is 3.07. The summed E-state index contributed by atoms with van der Waals surface area (Å²) in [6.07, 6.45) is 6.88. The first-order valence-corrected chi connectivity index (χ1v) is 15.6. The molecule has 38 heavy (non-hydrogen) atoms. The van der Waals surface area contributed by atoms with Crippen molar-refractivity contribution >= 4 is 53.3 Å². The molecule has 0 radical (unpaired) electrons. The minimum atomic E-state index is -0.769. The van der Waals surface area contributed by atoms with Gasteiger partial charge in [-0.2, -0.15) is 0 Å². The van der Waals surface area contributed by atoms with Gasteiger partial charge in [0.2, 0.25) is 0 Å². The molecule has 0 atom stereocenters. The minimum Gasteiger partial charge on any atom is -0.381 e. The van der Waals surface area contributed by atoms with Crippen LogP contribution in [0.15, 0.2) is 9.81 Å². The molecule has 206 valence electrons. The second kappa shape index (κ2) is 9.85. The molecule has 6 aliphatic rings. The Labute approximate surface area is 230 Å². The maximum atomic E-state index is 13.4. The monoisotopic (exact) mass is 562 g/mol. The Balaban J connectivity index is 1.14. The molecule has 4 saturated heterocycles. The second-order valence-electron chi connectivity index (χ2n) is 11.6. The molecule has 0 aromatic heterocycles. The number of imide groups is 3. The van der Waals surface area contributed by atoms with Gasteiger partial charge in [-0.05, 0) is 80.6 Å². The molecule has 4 aliphatic heterocycles. The smallest absolute Gasteiger partial charge is 0.331 e. The number of hydrogen-bond acceptors (Lipinski definition) is 8. The normalized spacial score (nSPS) is 35.0. The highest BCUT2D eigenvalue weighted by Crippen LogP contribution is 2.61. The Morgan fingerprint density at radius 1 is 0.974 bits per heavy atom. The third kappa shape index (κ3) is 4.18. The third-order valence-electron chi connectivity index (χ3n) is 9.29. The molecule has 0 bridgehead atoms. The van der Waals surface area contributed by atoms with E-state index < -0.39 is 23.4 Å². The molecular formula is C26H34N4O6S2. The van der Waals surface area contributed by atoms with Crippen LogP contribution in [0.4, 0.5) is 9.59 Å². The van der Waals surface area contributed by atoms with Crippen LogP contribution in [0.5, 0.6) is 0 Å². The van der Waals surface area contributed by atoms with Gasteiger partial charge in [-0.25, -0.2) is 9.59 Å². The fraction of sp³-hybridized carbons (Fsp3) is 0.731. The number of hydrogen-bond donors (Lipinski definition) is 1. The Bertz CT molecular complexity index is 1100. The van der Waals surface area contributed by atoms with E-state index in [1.54, 1.807) is 7.05 Å². The van der Waals surface area contributed by atoms with Crippen LogP contribution < -0.4 is 5.32 Å². The van der Waals surface area contributed by atoms with Gasteiger partial charge in [0.25, 0.3) is 17.7 Å². The lowest BCUT2D eigenvalue weighted by molar-refractivity contribution is -0.151. The predicted molar refractivity (Wildman–Crippen MR) is 142 cm³/mol. The number of carbonyl (C=O) groups excluding carboxylic acids is 5. The van der Waals surface area contributed by atoms with E-state index in [2.05, 4.69) is 5.32 Å². The molecule has 2 aliphatic carbocycles. The molecule has 0 aromatic carbocycles. The highest BCUT2D eigenvalue weighted by Gasteiger charge is 2.68. The van der Waals surface area contributed by atoms with Gasteiger partial charge in [-0.1, -0.05) is 0 Å². The van der Waals surface area contributed by atoms with Gasteiger partial charge in [0.15, 0.2) is 0 Å². The number of carbonyl (C=O) groups is 5. The van der Waals surface area contributed by atoms with Crippen LogP contribution >= 0.6 is 23.5 Å². The molecule has 0 aromatic rings. The molecule has 1 N–H and O–H groups in total. The number of nitrogens with zero attached hydrogens (tertiary/aromatic N) is 3. The first kappa shape index (κ1) is 26.2. The van der Waals surface area contributed by atoms with Crippen LogP contribution in [0, 0.1) is 11.3 Å². The van der Waals surface area contributed by atoms with Gasteiger partial charge in [-0.3, -0.25) is 29.5 Å². The van der Waals surface area contributed by atoms with Gasteiger partial charge in [0.05, 0.1) is 4.24 Å². The molecule has 4 heterocycles. The quantitative estimate of drug-likeness (QED) is 0.317. The zero-order valence-corrected chi connectivity index (χ0v) is 23.3. The summed E-state index contributed by atoms with van der Waals surface area (Å²) in [6, 6.07) is -1.12. The summed E-state index contributed by atoms with van der Waals surface area (Å²) in [5, 5.41) is 2.39. The standard InChI is InChI=1S/C26H34N4O6S2/c1-28-22(33)26(29(24(28)35)13-16-5-9-36-10-6-16)14-25(15-26)7-3-17(4-8-25)30-20(32)18(19(31)27-23(30)34)21-37-11-2-12-38-21/h16-17H,2-15H2,1H3,(H,27,31,34). The van der Waals surface area contributed by atoms with Gasteiger partial charge in [0, 0.05) is 32.8 Å². The molecule has 6 rings (SSSR count). The molecule has 2 spiro atoms. The number of barbiturate groups is 1. The topological polar surface area (TPSA) is 116 Å². The van der Waals surface area contributed by atoms with Crippen LogP contribution in [0.2, 0.25) is 0 Å². The van der Waals surface area contributed by atoms with Crippen molar-refractivity contribution in [1.29, 1.82) is 0 Å². The van der Waals surface area contributed by atoms with Crippen LogP contribution in [0.1, 0.15) is 57.8 Å². The highest BCUT2D eigenvalue weighted by atomic mass is 32.2. The molecule has 6 fully saturated rings. The predicted octanol–water partition coefficient (Wildman–Crippen LogP) is 2.93. The van der Waals surface area contributed by atoms with Crippen molar-refractivity contribution in [2.24, 2.45) is 11.3 Å². The number of rotatable bonds is 3. The van der Waals surface area contributed by atoms with E-state index in [-0.39, 0.29) is 29.0 Å². The lowest BCUT2D eigenvalue weighted by atomic mass is 9.51. The summed E-state index contributed by atoms with van der Waals surface area (Å²) in [5.41, 5.74) is -0.745. The van der Waals surface area contributed by atoms with Crippen LogP contribution in [-0.4, -0.2) is 94.4 Å². The van der Waals surface area contributed by atoms with Crippen molar-refractivity contribution in [2.75, 3.05) is 38.3 Å². The highest BCUT2D eigenvalue weighted by molar-refractivity contribution is 8.22. The zero-order chi connectivity index (χ0) is 26.7. The molecular weight excluding hydrogens is 528 g/mol.